The number of aromatic nitrogens is 1. The maximum Gasteiger partial charge on any atom is 0.214 e. The van der Waals surface area contributed by atoms with E-state index in [1.165, 1.54) is 10.9 Å². The highest BCUT2D eigenvalue weighted by molar-refractivity contribution is 9.10. The summed E-state index contributed by atoms with van der Waals surface area (Å²) in [6, 6.07) is 6.86. The first-order chi connectivity index (χ1) is 7.65. The number of anilines is 1. The summed E-state index contributed by atoms with van der Waals surface area (Å²) in [7, 11) is 1.90. The first-order valence-electron chi connectivity index (χ1n) is 4.72. The van der Waals surface area contributed by atoms with Crippen molar-refractivity contribution in [2.75, 3.05) is 11.9 Å². The molecule has 0 atom stereocenters. The second-order valence-electron chi connectivity index (χ2n) is 3.41. The first-order valence-corrected chi connectivity index (χ1v) is 6.39. The molecule has 0 aliphatic rings. The van der Waals surface area contributed by atoms with Crippen molar-refractivity contribution in [3.8, 4) is 0 Å². The van der Waals surface area contributed by atoms with Gasteiger partial charge in [0.15, 0.2) is 0 Å². The van der Waals surface area contributed by atoms with Gasteiger partial charge >= 0.3 is 0 Å². The first kappa shape index (κ1) is 11.5. The van der Waals surface area contributed by atoms with Crippen LogP contribution in [0.15, 0.2) is 34.1 Å². The van der Waals surface area contributed by atoms with E-state index in [1.807, 2.05) is 17.3 Å². The van der Waals surface area contributed by atoms with Crippen molar-refractivity contribution in [3.05, 3.63) is 44.9 Å². The van der Waals surface area contributed by atoms with E-state index in [9.17, 15) is 4.39 Å². The molecule has 2 aromatic rings. The second-order valence-corrected chi connectivity index (χ2v) is 5.32. The van der Waals surface area contributed by atoms with Gasteiger partial charge in [-0.2, -0.15) is 4.39 Å². The second kappa shape index (κ2) is 4.93. The van der Waals surface area contributed by atoms with Gasteiger partial charge in [0.1, 0.15) is 5.82 Å². The quantitative estimate of drug-likeness (QED) is 0.804. The van der Waals surface area contributed by atoms with E-state index < -0.39 is 5.95 Å². The Morgan fingerprint density at radius 2 is 2.31 bits per heavy atom. The van der Waals surface area contributed by atoms with Crippen LogP contribution >= 0.6 is 27.3 Å². The van der Waals surface area contributed by atoms with Crippen LogP contribution in [0.4, 0.5) is 10.2 Å². The van der Waals surface area contributed by atoms with Gasteiger partial charge in [-0.3, -0.25) is 0 Å². The smallest absolute Gasteiger partial charge is 0.214 e. The Kier molecular flexibility index (Phi) is 3.56. The van der Waals surface area contributed by atoms with Crippen LogP contribution in [0, 0.1) is 5.95 Å². The molecule has 84 valence electrons. The van der Waals surface area contributed by atoms with Gasteiger partial charge in [-0.1, -0.05) is 6.07 Å². The van der Waals surface area contributed by atoms with Crippen molar-refractivity contribution in [2.24, 2.45) is 0 Å². The lowest BCUT2D eigenvalue weighted by Gasteiger charge is -2.16. The van der Waals surface area contributed by atoms with Crippen LogP contribution in [-0.4, -0.2) is 12.0 Å². The summed E-state index contributed by atoms with van der Waals surface area (Å²) < 4.78 is 14.0. The molecule has 0 aliphatic heterocycles. The molecule has 0 N–H and O–H groups in total. The third kappa shape index (κ3) is 2.80. The molecule has 2 heterocycles. The zero-order valence-electron chi connectivity index (χ0n) is 8.65. The lowest BCUT2D eigenvalue weighted by Crippen LogP contribution is -2.17. The van der Waals surface area contributed by atoms with E-state index in [-0.39, 0.29) is 0 Å². The lowest BCUT2D eigenvalue weighted by atomic mass is 10.4. The van der Waals surface area contributed by atoms with Crippen LogP contribution in [0.2, 0.25) is 0 Å². The molecule has 2 aromatic heterocycles. The molecule has 0 saturated carbocycles. The summed E-state index contributed by atoms with van der Waals surface area (Å²) in [5, 5.41) is 2.03. The third-order valence-corrected chi connectivity index (χ3v) is 3.79. The predicted molar refractivity (Wildman–Crippen MR) is 68.3 cm³/mol. The summed E-state index contributed by atoms with van der Waals surface area (Å²) in [4.78, 5) is 6.95. The van der Waals surface area contributed by atoms with Crippen molar-refractivity contribution in [1.82, 2.24) is 4.98 Å². The predicted octanol–water partition coefficient (Wildman–Crippen LogP) is 3.68. The van der Waals surface area contributed by atoms with Crippen molar-refractivity contribution in [2.45, 2.75) is 6.54 Å². The summed E-state index contributed by atoms with van der Waals surface area (Å²) in [6.45, 7) is 0.729. The molecule has 0 spiro atoms. The van der Waals surface area contributed by atoms with Gasteiger partial charge < -0.3 is 4.90 Å². The number of halogens is 2. The highest BCUT2D eigenvalue weighted by atomic mass is 79.9. The fraction of sp³-hybridized carbons (Fsp3) is 0.182. The van der Waals surface area contributed by atoms with Gasteiger partial charge in [0.05, 0.1) is 6.54 Å². The normalized spacial score (nSPS) is 10.4. The van der Waals surface area contributed by atoms with Gasteiger partial charge in [-0.05, 0) is 34.1 Å². The number of pyridine rings is 1. The molecule has 0 saturated heterocycles. The fourth-order valence-corrected chi connectivity index (χ4v) is 2.87. The van der Waals surface area contributed by atoms with Crippen LogP contribution in [0.25, 0.3) is 0 Å². The van der Waals surface area contributed by atoms with Crippen LogP contribution < -0.4 is 4.90 Å². The molecule has 16 heavy (non-hydrogen) atoms. The Hall–Kier alpha value is -0.940. The monoisotopic (exact) mass is 300 g/mol. The van der Waals surface area contributed by atoms with E-state index >= 15 is 0 Å². The molecule has 0 aliphatic carbocycles. The molecule has 0 amide bonds. The number of nitrogens with zero attached hydrogens (tertiary/aromatic N) is 2. The Morgan fingerprint density at radius 1 is 1.50 bits per heavy atom. The number of thiophene rings is 1. The summed E-state index contributed by atoms with van der Waals surface area (Å²) in [6.07, 6.45) is 0. The summed E-state index contributed by atoms with van der Waals surface area (Å²) in [5.74, 6) is 0.196. The summed E-state index contributed by atoms with van der Waals surface area (Å²) in [5.41, 5.74) is 0. The Balaban J connectivity index is 2.11. The lowest BCUT2D eigenvalue weighted by molar-refractivity contribution is 0.582. The standard InChI is InChI=1S/C11H10BrFN2S/c1-15(6-9-5-8(12)7-16-9)11-4-2-3-10(13)14-11/h2-5,7H,6H2,1H3. The van der Waals surface area contributed by atoms with Crippen molar-refractivity contribution in [1.29, 1.82) is 0 Å². The fourth-order valence-electron chi connectivity index (χ4n) is 1.36. The Bertz CT molecular complexity index is 486. The van der Waals surface area contributed by atoms with Crippen molar-refractivity contribution < 1.29 is 4.39 Å². The average molecular weight is 301 g/mol. The van der Waals surface area contributed by atoms with Gasteiger partial charge in [-0.15, -0.1) is 11.3 Å². The molecule has 2 nitrogen and oxygen atoms in total. The number of rotatable bonds is 3. The third-order valence-electron chi connectivity index (χ3n) is 2.11. The largest absolute Gasteiger partial charge is 0.354 e. The van der Waals surface area contributed by atoms with Crippen LogP contribution in [0.1, 0.15) is 4.88 Å². The summed E-state index contributed by atoms with van der Waals surface area (Å²) >= 11 is 5.07. The zero-order valence-corrected chi connectivity index (χ0v) is 11.1. The molecule has 0 bridgehead atoms. The molecular weight excluding hydrogens is 291 g/mol. The average Bonchev–Trinajstić information content (AvgIpc) is 2.64. The van der Waals surface area contributed by atoms with E-state index in [2.05, 4.69) is 27.0 Å². The molecule has 0 fully saturated rings. The van der Waals surface area contributed by atoms with Gasteiger partial charge in [0, 0.05) is 21.8 Å². The van der Waals surface area contributed by atoms with E-state index in [0.29, 0.717) is 5.82 Å². The van der Waals surface area contributed by atoms with E-state index in [0.717, 1.165) is 11.0 Å². The molecule has 0 aromatic carbocycles. The molecule has 0 radical (unpaired) electrons. The van der Waals surface area contributed by atoms with Crippen molar-refractivity contribution in [3.63, 3.8) is 0 Å². The highest BCUT2D eigenvalue weighted by Crippen LogP contribution is 2.22. The van der Waals surface area contributed by atoms with Gasteiger partial charge in [0.25, 0.3) is 0 Å². The minimum atomic E-state index is -0.447. The van der Waals surface area contributed by atoms with Crippen LogP contribution in [0.3, 0.4) is 0 Å². The van der Waals surface area contributed by atoms with Crippen LogP contribution in [-0.2, 0) is 6.54 Å². The van der Waals surface area contributed by atoms with Crippen molar-refractivity contribution >= 4 is 33.1 Å². The van der Waals surface area contributed by atoms with Gasteiger partial charge in [-0.25, -0.2) is 4.98 Å². The van der Waals surface area contributed by atoms with Crippen LogP contribution in [0.5, 0.6) is 0 Å². The molecule has 5 heteroatoms. The van der Waals surface area contributed by atoms with E-state index in [1.54, 1.807) is 23.5 Å². The maximum atomic E-state index is 12.9. The highest BCUT2D eigenvalue weighted by Gasteiger charge is 2.06. The molecular formula is C11H10BrFN2S. The zero-order chi connectivity index (χ0) is 11.5. The van der Waals surface area contributed by atoms with Gasteiger partial charge in [0.2, 0.25) is 5.95 Å². The van der Waals surface area contributed by atoms with E-state index in [4.69, 9.17) is 0 Å². The maximum absolute atomic E-state index is 12.9. The minimum absolute atomic E-state index is 0.447. The Morgan fingerprint density at radius 3 is 2.94 bits per heavy atom. The SMILES string of the molecule is CN(Cc1cc(Br)cs1)c1cccc(F)n1. The molecule has 2 rings (SSSR count). The number of hydrogen-bond donors (Lipinski definition) is 0. The number of hydrogen-bond acceptors (Lipinski definition) is 3. The molecule has 0 unspecified atom stereocenters. The minimum Gasteiger partial charge on any atom is -0.354 e. The topological polar surface area (TPSA) is 16.1 Å². The Labute approximate surface area is 106 Å².